The second-order valence-electron chi connectivity index (χ2n) is 5.20. The third-order valence-corrected chi connectivity index (χ3v) is 4.56. The summed E-state index contributed by atoms with van der Waals surface area (Å²) in [7, 11) is 1.70. The second kappa shape index (κ2) is 5.13. The summed E-state index contributed by atoms with van der Waals surface area (Å²) in [5.74, 6) is 0.733. The predicted octanol–water partition coefficient (Wildman–Crippen LogP) is 3.02. The number of aryl methyl sites for hydroxylation is 1. The van der Waals surface area contributed by atoms with Crippen molar-refractivity contribution in [3.63, 3.8) is 0 Å². The van der Waals surface area contributed by atoms with Crippen LogP contribution in [0.2, 0.25) is 0 Å². The van der Waals surface area contributed by atoms with Gasteiger partial charge in [0, 0.05) is 23.5 Å². The van der Waals surface area contributed by atoms with E-state index in [0.29, 0.717) is 27.8 Å². The Morgan fingerprint density at radius 2 is 2.04 bits per heavy atom. The van der Waals surface area contributed by atoms with E-state index in [4.69, 9.17) is 4.52 Å². The average molecular weight is 324 g/mol. The van der Waals surface area contributed by atoms with Crippen LogP contribution < -0.4 is 5.56 Å². The van der Waals surface area contributed by atoms with Crippen molar-refractivity contribution in [2.45, 2.75) is 6.92 Å². The standard InChI is InChI=1S/C16H12N4O2S/c1-9-8-23-15(17-9)13-18-14(22-19-13)12-7-10-5-3-4-6-11(10)16(21)20(12)2/h3-8H,1-2H3. The van der Waals surface area contributed by atoms with E-state index in [2.05, 4.69) is 15.1 Å². The van der Waals surface area contributed by atoms with E-state index < -0.39 is 0 Å². The maximum Gasteiger partial charge on any atom is 0.275 e. The van der Waals surface area contributed by atoms with Crippen molar-refractivity contribution in [2.24, 2.45) is 7.05 Å². The van der Waals surface area contributed by atoms with Crippen molar-refractivity contribution in [2.75, 3.05) is 0 Å². The number of thiazole rings is 1. The molecule has 0 spiro atoms. The largest absolute Gasteiger partial charge is 0.332 e. The Bertz CT molecular complexity index is 1080. The lowest BCUT2D eigenvalue weighted by Gasteiger charge is -2.06. The zero-order valence-corrected chi connectivity index (χ0v) is 13.3. The third-order valence-electron chi connectivity index (χ3n) is 3.60. The fraction of sp³-hybridized carbons (Fsp3) is 0.125. The molecule has 0 bridgehead atoms. The minimum Gasteiger partial charge on any atom is -0.332 e. The molecule has 6 nitrogen and oxygen atoms in total. The van der Waals surface area contributed by atoms with Gasteiger partial charge in [-0.3, -0.25) is 4.79 Å². The van der Waals surface area contributed by atoms with Crippen molar-refractivity contribution in [1.29, 1.82) is 0 Å². The van der Waals surface area contributed by atoms with E-state index in [-0.39, 0.29) is 5.56 Å². The van der Waals surface area contributed by atoms with Crippen LogP contribution in [0.1, 0.15) is 5.69 Å². The van der Waals surface area contributed by atoms with Gasteiger partial charge in [0.25, 0.3) is 11.4 Å². The highest BCUT2D eigenvalue weighted by molar-refractivity contribution is 7.13. The summed E-state index contributed by atoms with van der Waals surface area (Å²) in [6.07, 6.45) is 0. The lowest BCUT2D eigenvalue weighted by Crippen LogP contribution is -2.18. The first-order chi connectivity index (χ1) is 11.1. The van der Waals surface area contributed by atoms with Gasteiger partial charge in [0.1, 0.15) is 5.69 Å². The molecule has 0 atom stereocenters. The minimum atomic E-state index is -0.0945. The normalized spacial score (nSPS) is 11.2. The molecule has 23 heavy (non-hydrogen) atoms. The smallest absolute Gasteiger partial charge is 0.275 e. The van der Waals surface area contributed by atoms with Gasteiger partial charge in [-0.1, -0.05) is 23.4 Å². The Morgan fingerprint density at radius 1 is 1.22 bits per heavy atom. The molecule has 0 saturated carbocycles. The van der Waals surface area contributed by atoms with Crippen molar-refractivity contribution in [1.82, 2.24) is 19.7 Å². The summed E-state index contributed by atoms with van der Waals surface area (Å²) < 4.78 is 6.87. The fourth-order valence-electron chi connectivity index (χ4n) is 2.43. The first kappa shape index (κ1) is 13.8. The Hall–Kier alpha value is -2.80. The Morgan fingerprint density at radius 3 is 2.83 bits per heavy atom. The van der Waals surface area contributed by atoms with Crippen LogP contribution in [0.5, 0.6) is 0 Å². The molecular weight excluding hydrogens is 312 g/mol. The van der Waals surface area contributed by atoms with Crippen molar-refractivity contribution < 1.29 is 4.52 Å². The molecule has 3 heterocycles. The number of aromatic nitrogens is 4. The minimum absolute atomic E-state index is 0.0945. The van der Waals surface area contributed by atoms with E-state index in [1.807, 2.05) is 36.6 Å². The number of fused-ring (bicyclic) bond motifs is 1. The number of hydrogen-bond donors (Lipinski definition) is 0. The van der Waals surface area contributed by atoms with Crippen LogP contribution in [-0.2, 0) is 7.05 Å². The van der Waals surface area contributed by atoms with Crippen LogP contribution in [0.3, 0.4) is 0 Å². The molecule has 0 unspecified atom stereocenters. The summed E-state index contributed by atoms with van der Waals surface area (Å²) in [4.78, 5) is 21.2. The lowest BCUT2D eigenvalue weighted by molar-refractivity contribution is 0.429. The molecule has 3 aromatic heterocycles. The molecule has 0 radical (unpaired) electrons. The maximum absolute atomic E-state index is 12.5. The molecule has 0 aliphatic heterocycles. The van der Waals surface area contributed by atoms with Gasteiger partial charge in [0.2, 0.25) is 5.82 Å². The highest BCUT2D eigenvalue weighted by atomic mass is 32.1. The third kappa shape index (κ3) is 2.25. The molecule has 4 rings (SSSR count). The molecule has 7 heteroatoms. The van der Waals surface area contributed by atoms with Crippen LogP contribution in [0.25, 0.3) is 33.2 Å². The Balaban J connectivity index is 1.88. The first-order valence-electron chi connectivity index (χ1n) is 6.99. The number of hydrogen-bond acceptors (Lipinski definition) is 6. The molecule has 1 aromatic carbocycles. The second-order valence-corrected chi connectivity index (χ2v) is 6.06. The molecule has 0 N–H and O–H groups in total. The first-order valence-corrected chi connectivity index (χ1v) is 7.87. The molecule has 4 aromatic rings. The van der Waals surface area contributed by atoms with Gasteiger partial charge in [-0.2, -0.15) is 4.98 Å². The van der Waals surface area contributed by atoms with Crippen molar-refractivity contribution >= 4 is 22.1 Å². The highest BCUT2D eigenvalue weighted by Crippen LogP contribution is 2.25. The van der Waals surface area contributed by atoms with Crippen molar-refractivity contribution in [3.8, 4) is 22.4 Å². The number of nitrogens with zero attached hydrogens (tertiary/aromatic N) is 4. The van der Waals surface area contributed by atoms with Gasteiger partial charge in [0.15, 0.2) is 5.01 Å². The summed E-state index contributed by atoms with van der Waals surface area (Å²) in [6, 6.07) is 9.31. The SMILES string of the molecule is Cc1csc(-c2noc(-c3cc4ccccc4c(=O)n3C)n2)n1. The Labute approximate surface area is 135 Å². The Kier molecular flexibility index (Phi) is 3.09. The molecule has 0 saturated heterocycles. The molecule has 0 amide bonds. The highest BCUT2D eigenvalue weighted by Gasteiger charge is 2.16. The maximum atomic E-state index is 12.5. The van der Waals surface area contributed by atoms with E-state index in [1.54, 1.807) is 13.1 Å². The average Bonchev–Trinajstić information content (AvgIpc) is 3.20. The van der Waals surface area contributed by atoms with Gasteiger partial charge < -0.3 is 9.09 Å². The molecule has 114 valence electrons. The monoisotopic (exact) mass is 324 g/mol. The molecule has 0 fully saturated rings. The van der Waals surface area contributed by atoms with Crippen LogP contribution in [0.15, 0.2) is 45.0 Å². The number of benzene rings is 1. The van der Waals surface area contributed by atoms with E-state index >= 15 is 0 Å². The van der Waals surface area contributed by atoms with Gasteiger partial charge in [-0.25, -0.2) is 4.98 Å². The molecular formula is C16H12N4O2S. The number of rotatable bonds is 2. The van der Waals surface area contributed by atoms with Crippen molar-refractivity contribution in [3.05, 3.63) is 51.8 Å². The predicted molar refractivity (Wildman–Crippen MR) is 88.3 cm³/mol. The van der Waals surface area contributed by atoms with E-state index in [0.717, 1.165) is 11.1 Å². The van der Waals surface area contributed by atoms with Gasteiger partial charge in [-0.05, 0) is 24.4 Å². The summed E-state index contributed by atoms with van der Waals surface area (Å²) in [5.41, 5.74) is 1.40. The van der Waals surface area contributed by atoms with Crippen LogP contribution in [-0.4, -0.2) is 19.7 Å². The zero-order valence-electron chi connectivity index (χ0n) is 12.5. The van der Waals surface area contributed by atoms with Gasteiger partial charge in [-0.15, -0.1) is 11.3 Å². The topological polar surface area (TPSA) is 73.8 Å². The fourth-order valence-corrected chi connectivity index (χ4v) is 3.15. The molecule has 0 aliphatic rings. The lowest BCUT2D eigenvalue weighted by atomic mass is 10.1. The summed E-state index contributed by atoms with van der Waals surface area (Å²) in [5, 5.41) is 8.10. The van der Waals surface area contributed by atoms with Crippen LogP contribution in [0.4, 0.5) is 0 Å². The van der Waals surface area contributed by atoms with Crippen LogP contribution in [0, 0.1) is 6.92 Å². The number of pyridine rings is 1. The molecule has 0 aliphatic carbocycles. The van der Waals surface area contributed by atoms with E-state index in [1.165, 1.54) is 15.9 Å². The summed E-state index contributed by atoms with van der Waals surface area (Å²) in [6.45, 7) is 1.91. The van der Waals surface area contributed by atoms with E-state index in [9.17, 15) is 4.79 Å². The van der Waals surface area contributed by atoms with Crippen LogP contribution >= 0.6 is 11.3 Å². The van der Waals surface area contributed by atoms with Gasteiger partial charge in [0.05, 0.1) is 0 Å². The summed E-state index contributed by atoms with van der Waals surface area (Å²) >= 11 is 1.46. The zero-order chi connectivity index (χ0) is 16.0. The quantitative estimate of drug-likeness (QED) is 0.566. The van der Waals surface area contributed by atoms with Gasteiger partial charge >= 0.3 is 0 Å².